The molecule has 1 atom stereocenters. The molecule has 1 heterocycles. The SMILES string of the molecule is CN(C)CC[C@H](Oc1cccc2ccccc12)c1cccs1.[Al+3].[Cl-]. The summed E-state index contributed by atoms with van der Waals surface area (Å²) in [6.45, 7) is 1.01. The molecule has 2 nitrogen and oxygen atoms in total. The summed E-state index contributed by atoms with van der Waals surface area (Å²) in [4.78, 5) is 3.49. The number of hydrogen-bond acceptors (Lipinski definition) is 3. The van der Waals surface area contributed by atoms with Crippen molar-refractivity contribution >= 4 is 39.5 Å². The van der Waals surface area contributed by atoms with Gasteiger partial charge in [0.25, 0.3) is 0 Å². The minimum Gasteiger partial charge on any atom is -1.00 e. The summed E-state index contributed by atoms with van der Waals surface area (Å²) in [5.41, 5.74) is 0. The van der Waals surface area contributed by atoms with Gasteiger partial charge in [-0.2, -0.15) is 0 Å². The van der Waals surface area contributed by atoms with Crippen molar-refractivity contribution in [3.8, 4) is 5.75 Å². The van der Waals surface area contributed by atoms with Gasteiger partial charge in [0.05, 0.1) is 0 Å². The smallest absolute Gasteiger partial charge is 1.00 e. The molecule has 0 N–H and O–H groups in total. The van der Waals surface area contributed by atoms with Crippen LogP contribution in [0.4, 0.5) is 0 Å². The van der Waals surface area contributed by atoms with E-state index in [-0.39, 0.29) is 35.9 Å². The molecule has 0 spiro atoms. The Kier molecular flexibility index (Phi) is 8.83. The molecule has 122 valence electrons. The topological polar surface area (TPSA) is 12.5 Å². The quantitative estimate of drug-likeness (QED) is 0.608. The maximum Gasteiger partial charge on any atom is 3.00 e. The molecule has 0 aliphatic carbocycles. The van der Waals surface area contributed by atoms with Gasteiger partial charge in [0, 0.05) is 23.2 Å². The molecule has 0 bridgehead atoms. The van der Waals surface area contributed by atoms with Gasteiger partial charge in [-0.05, 0) is 37.0 Å². The predicted molar refractivity (Wildman–Crippen MR) is 101 cm³/mol. The van der Waals surface area contributed by atoms with Crippen molar-refractivity contribution in [1.82, 2.24) is 4.90 Å². The summed E-state index contributed by atoms with van der Waals surface area (Å²) in [7, 11) is 4.20. The average molecular weight is 374 g/mol. The molecule has 24 heavy (non-hydrogen) atoms. The molecular weight excluding hydrogens is 353 g/mol. The fourth-order valence-electron chi connectivity index (χ4n) is 2.56. The van der Waals surface area contributed by atoms with Crippen molar-refractivity contribution in [2.45, 2.75) is 12.5 Å². The number of fused-ring (bicyclic) bond motifs is 1. The van der Waals surface area contributed by atoms with Crippen LogP contribution in [0.5, 0.6) is 5.75 Å². The van der Waals surface area contributed by atoms with Gasteiger partial charge in [-0.3, -0.25) is 0 Å². The molecular formula is C19H21AlClNOS+2. The van der Waals surface area contributed by atoms with Crippen molar-refractivity contribution in [3.63, 3.8) is 0 Å². The molecule has 0 aliphatic heterocycles. The van der Waals surface area contributed by atoms with Crippen molar-refractivity contribution in [3.05, 3.63) is 64.9 Å². The first-order valence-corrected chi connectivity index (χ1v) is 8.44. The molecule has 0 amide bonds. The normalized spacial score (nSPS) is 11.6. The largest absolute Gasteiger partial charge is 3.00 e. The third-order valence-corrected chi connectivity index (χ3v) is 4.68. The van der Waals surface area contributed by atoms with Crippen LogP contribution in [0.3, 0.4) is 0 Å². The molecule has 0 aliphatic rings. The van der Waals surface area contributed by atoms with Crippen molar-refractivity contribution in [2.75, 3.05) is 20.6 Å². The summed E-state index contributed by atoms with van der Waals surface area (Å²) in [5, 5.41) is 4.51. The Morgan fingerprint density at radius 2 is 1.75 bits per heavy atom. The Morgan fingerprint density at radius 1 is 1.00 bits per heavy atom. The van der Waals surface area contributed by atoms with Gasteiger partial charge in [0.15, 0.2) is 0 Å². The van der Waals surface area contributed by atoms with Crippen LogP contribution < -0.4 is 17.1 Å². The van der Waals surface area contributed by atoms with Crippen LogP contribution >= 0.6 is 11.3 Å². The first-order chi connectivity index (χ1) is 10.7. The van der Waals surface area contributed by atoms with Gasteiger partial charge in [-0.25, -0.2) is 0 Å². The predicted octanol–water partition coefficient (Wildman–Crippen LogP) is 1.60. The van der Waals surface area contributed by atoms with Crippen molar-refractivity contribution in [1.29, 1.82) is 0 Å². The van der Waals surface area contributed by atoms with Crippen LogP contribution in [0.1, 0.15) is 17.4 Å². The zero-order valence-electron chi connectivity index (χ0n) is 14.0. The zero-order valence-corrected chi connectivity index (χ0v) is 16.7. The third-order valence-electron chi connectivity index (χ3n) is 3.72. The Labute approximate surface area is 165 Å². The Morgan fingerprint density at radius 3 is 2.46 bits per heavy atom. The van der Waals surface area contributed by atoms with Crippen LogP contribution in [0.25, 0.3) is 10.8 Å². The summed E-state index contributed by atoms with van der Waals surface area (Å²) < 4.78 is 6.41. The van der Waals surface area contributed by atoms with Crippen LogP contribution in [-0.4, -0.2) is 42.9 Å². The molecule has 1 aromatic heterocycles. The number of ether oxygens (including phenoxy) is 1. The van der Waals surface area contributed by atoms with E-state index in [1.807, 2.05) is 0 Å². The Balaban J connectivity index is 0.00000144. The van der Waals surface area contributed by atoms with Crippen LogP contribution in [-0.2, 0) is 0 Å². The molecule has 0 saturated heterocycles. The maximum absolute atomic E-state index is 6.41. The van der Waals surface area contributed by atoms with Crippen LogP contribution in [0.15, 0.2) is 60.0 Å². The minimum atomic E-state index is 0. The minimum absolute atomic E-state index is 0. The van der Waals surface area contributed by atoms with E-state index in [1.54, 1.807) is 11.3 Å². The molecule has 0 radical (unpaired) electrons. The molecule has 3 aromatic rings. The second-order valence-corrected chi connectivity index (χ2v) is 6.67. The second kappa shape index (κ2) is 10.1. The zero-order chi connectivity index (χ0) is 15.4. The van der Waals surface area contributed by atoms with E-state index in [2.05, 4.69) is 79.0 Å². The first kappa shape index (κ1) is 21.0. The Bertz CT molecular complexity index is 728. The molecule has 3 rings (SSSR count). The van der Waals surface area contributed by atoms with Gasteiger partial charge in [-0.1, -0.05) is 42.5 Å². The van der Waals surface area contributed by atoms with Gasteiger partial charge < -0.3 is 22.0 Å². The average Bonchev–Trinajstić information content (AvgIpc) is 3.05. The van der Waals surface area contributed by atoms with E-state index in [0.717, 1.165) is 18.7 Å². The molecule has 0 unspecified atom stereocenters. The number of rotatable bonds is 6. The standard InChI is InChI=1S/C19H21NOS.Al.ClH/c1-20(2)13-12-18(19-11-6-14-22-19)21-17-10-5-8-15-7-3-4-9-16(15)17;;/h3-11,14,18H,12-13H2,1-2H3;;1H/q;+3;/p-1/t18-;;/m0../s1. The molecule has 2 aromatic carbocycles. The van der Waals surface area contributed by atoms with E-state index >= 15 is 0 Å². The number of thiophene rings is 1. The summed E-state index contributed by atoms with van der Waals surface area (Å²) in [5.74, 6) is 0.968. The van der Waals surface area contributed by atoms with Crippen LogP contribution in [0, 0.1) is 0 Å². The van der Waals surface area contributed by atoms with Gasteiger partial charge in [0.1, 0.15) is 11.9 Å². The summed E-state index contributed by atoms with van der Waals surface area (Å²) in [6.07, 6.45) is 1.09. The van der Waals surface area contributed by atoms with E-state index in [4.69, 9.17) is 4.74 Å². The maximum atomic E-state index is 6.41. The van der Waals surface area contributed by atoms with Crippen LogP contribution in [0.2, 0.25) is 0 Å². The van der Waals surface area contributed by atoms with E-state index in [0.29, 0.717) is 0 Å². The number of halogens is 1. The molecule has 0 saturated carbocycles. The van der Waals surface area contributed by atoms with E-state index in [1.165, 1.54) is 15.6 Å². The summed E-state index contributed by atoms with van der Waals surface area (Å²) >= 11 is 1.76. The van der Waals surface area contributed by atoms with Gasteiger partial charge >= 0.3 is 17.4 Å². The van der Waals surface area contributed by atoms with Crippen molar-refractivity contribution in [2.24, 2.45) is 0 Å². The van der Waals surface area contributed by atoms with Gasteiger partial charge in [-0.15, -0.1) is 11.3 Å². The van der Waals surface area contributed by atoms with Crippen molar-refractivity contribution < 1.29 is 17.1 Å². The first-order valence-electron chi connectivity index (χ1n) is 7.56. The molecule has 5 heteroatoms. The molecule has 0 fully saturated rings. The Hall–Kier alpha value is -1.02. The summed E-state index contributed by atoms with van der Waals surface area (Å²) in [6, 6.07) is 18.9. The number of nitrogens with zero attached hydrogens (tertiary/aromatic N) is 1. The van der Waals surface area contributed by atoms with E-state index in [9.17, 15) is 0 Å². The number of hydrogen-bond donors (Lipinski definition) is 0. The number of benzene rings is 2. The van der Waals surface area contributed by atoms with Gasteiger partial charge in [0.2, 0.25) is 0 Å². The fourth-order valence-corrected chi connectivity index (χ4v) is 3.35. The second-order valence-electron chi connectivity index (χ2n) is 5.69. The monoisotopic (exact) mass is 373 g/mol. The fraction of sp³-hybridized carbons (Fsp3) is 0.263. The third kappa shape index (κ3) is 5.24. The van der Waals surface area contributed by atoms with E-state index < -0.39 is 0 Å².